The van der Waals surface area contributed by atoms with Crippen molar-refractivity contribution in [3.05, 3.63) is 33.8 Å². The van der Waals surface area contributed by atoms with E-state index in [1.54, 1.807) is 19.1 Å². The van der Waals surface area contributed by atoms with Crippen molar-refractivity contribution < 1.29 is 4.39 Å². The number of alkyl halides is 1. The van der Waals surface area contributed by atoms with Crippen molar-refractivity contribution in [2.45, 2.75) is 50.7 Å². The quantitative estimate of drug-likeness (QED) is 0.843. The van der Waals surface area contributed by atoms with Gasteiger partial charge in [-0.15, -0.1) is 0 Å². The van der Waals surface area contributed by atoms with Crippen LogP contribution >= 0.6 is 23.2 Å². The molecule has 0 bridgehead atoms. The molecular formula is C15H20Cl2FN. The largest absolute Gasteiger partial charge is 0.314 e. The van der Waals surface area contributed by atoms with Crippen LogP contribution in [0.3, 0.4) is 0 Å². The van der Waals surface area contributed by atoms with Gasteiger partial charge in [0, 0.05) is 12.5 Å². The summed E-state index contributed by atoms with van der Waals surface area (Å²) in [7, 11) is 0. The molecule has 2 rings (SSSR count). The van der Waals surface area contributed by atoms with Crippen LogP contribution in [0.2, 0.25) is 10.0 Å². The Kier molecular flexibility index (Phi) is 5.10. The van der Waals surface area contributed by atoms with Crippen LogP contribution in [0.5, 0.6) is 0 Å². The minimum Gasteiger partial charge on any atom is -0.314 e. The lowest BCUT2D eigenvalue weighted by Gasteiger charge is -2.30. The number of benzene rings is 1. The number of nitrogens with one attached hydrogen (secondary N) is 1. The highest BCUT2D eigenvalue weighted by molar-refractivity contribution is 6.42. The molecule has 2 unspecified atom stereocenters. The Labute approximate surface area is 124 Å². The van der Waals surface area contributed by atoms with Crippen LogP contribution in [-0.2, 0) is 6.42 Å². The fourth-order valence-electron chi connectivity index (χ4n) is 2.76. The molecule has 0 aliphatic carbocycles. The number of halogens is 3. The molecule has 1 aliphatic rings. The zero-order valence-corrected chi connectivity index (χ0v) is 12.7. The highest BCUT2D eigenvalue weighted by atomic mass is 35.5. The summed E-state index contributed by atoms with van der Waals surface area (Å²) in [4.78, 5) is 0. The summed E-state index contributed by atoms with van der Waals surface area (Å²) in [5, 5.41) is 4.40. The van der Waals surface area contributed by atoms with Crippen molar-refractivity contribution in [2.24, 2.45) is 0 Å². The second-order valence-corrected chi connectivity index (χ2v) is 6.50. The zero-order valence-electron chi connectivity index (χ0n) is 11.2. The summed E-state index contributed by atoms with van der Waals surface area (Å²) >= 11 is 11.8. The van der Waals surface area contributed by atoms with Gasteiger partial charge in [0.25, 0.3) is 0 Å². The van der Waals surface area contributed by atoms with Gasteiger partial charge < -0.3 is 5.32 Å². The van der Waals surface area contributed by atoms with Crippen LogP contribution in [-0.4, -0.2) is 18.3 Å². The minimum absolute atomic E-state index is 0.298. The monoisotopic (exact) mass is 303 g/mol. The first-order chi connectivity index (χ1) is 8.96. The molecule has 0 spiro atoms. The van der Waals surface area contributed by atoms with Gasteiger partial charge >= 0.3 is 0 Å². The van der Waals surface area contributed by atoms with Gasteiger partial charge in [-0.05, 0) is 50.4 Å². The Morgan fingerprint density at radius 3 is 2.74 bits per heavy atom. The molecule has 1 heterocycles. The van der Waals surface area contributed by atoms with E-state index in [4.69, 9.17) is 23.2 Å². The lowest BCUT2D eigenvalue weighted by Crippen LogP contribution is -2.40. The van der Waals surface area contributed by atoms with Gasteiger partial charge in [0.05, 0.1) is 10.0 Å². The second-order valence-electron chi connectivity index (χ2n) is 5.69. The number of piperidine rings is 1. The summed E-state index contributed by atoms with van der Waals surface area (Å²) in [6.07, 6.45) is 4.39. The minimum atomic E-state index is -1.22. The molecule has 2 atom stereocenters. The third-order valence-electron chi connectivity index (χ3n) is 3.64. The third-order valence-corrected chi connectivity index (χ3v) is 4.38. The van der Waals surface area contributed by atoms with Gasteiger partial charge in [-0.2, -0.15) is 0 Å². The van der Waals surface area contributed by atoms with Crippen molar-refractivity contribution >= 4 is 23.2 Å². The van der Waals surface area contributed by atoms with Crippen LogP contribution in [0.15, 0.2) is 18.2 Å². The second kappa shape index (κ2) is 6.43. The van der Waals surface area contributed by atoms with E-state index >= 15 is 0 Å². The van der Waals surface area contributed by atoms with E-state index in [0.717, 1.165) is 18.5 Å². The Morgan fingerprint density at radius 2 is 2.11 bits per heavy atom. The molecule has 1 aliphatic heterocycles. The maximum Gasteiger partial charge on any atom is 0.113 e. The highest BCUT2D eigenvalue weighted by Crippen LogP contribution is 2.29. The van der Waals surface area contributed by atoms with E-state index in [1.807, 2.05) is 6.07 Å². The van der Waals surface area contributed by atoms with Crippen LogP contribution in [0, 0.1) is 0 Å². The van der Waals surface area contributed by atoms with Crippen molar-refractivity contribution in [2.75, 3.05) is 6.54 Å². The van der Waals surface area contributed by atoms with Crippen LogP contribution in [0.4, 0.5) is 4.39 Å². The van der Waals surface area contributed by atoms with Crippen LogP contribution in [0.1, 0.15) is 38.2 Å². The molecule has 0 saturated carbocycles. The molecule has 106 valence electrons. The Balaban J connectivity index is 1.96. The average Bonchev–Trinajstić information content (AvgIpc) is 2.34. The van der Waals surface area contributed by atoms with E-state index in [0.29, 0.717) is 28.9 Å². The van der Waals surface area contributed by atoms with Crippen molar-refractivity contribution in [1.29, 1.82) is 0 Å². The predicted octanol–water partition coefficient (Wildman–Crippen LogP) is 4.80. The van der Waals surface area contributed by atoms with Crippen LogP contribution < -0.4 is 5.32 Å². The summed E-state index contributed by atoms with van der Waals surface area (Å²) < 4.78 is 14.7. The van der Waals surface area contributed by atoms with Gasteiger partial charge in [-0.3, -0.25) is 0 Å². The molecular weight excluding hydrogens is 284 g/mol. The molecule has 4 heteroatoms. The van der Waals surface area contributed by atoms with Crippen molar-refractivity contribution in [1.82, 2.24) is 5.32 Å². The molecule has 1 aromatic rings. The maximum atomic E-state index is 14.7. The molecule has 1 fully saturated rings. The standard InChI is InChI=1S/C15H20Cl2FN/c1-15(18,10-12-4-2-3-7-19-12)9-11-5-6-13(16)14(17)8-11/h5-6,8,12,19H,2-4,7,9-10H2,1H3. The summed E-state index contributed by atoms with van der Waals surface area (Å²) in [6.45, 7) is 2.68. The van der Waals surface area contributed by atoms with Gasteiger partial charge in [-0.1, -0.05) is 35.7 Å². The third kappa shape index (κ3) is 4.62. The van der Waals surface area contributed by atoms with E-state index in [2.05, 4.69) is 5.32 Å². The topological polar surface area (TPSA) is 12.0 Å². The summed E-state index contributed by atoms with van der Waals surface area (Å²) in [5.41, 5.74) is -0.318. The molecule has 0 radical (unpaired) electrons. The Bertz CT molecular complexity index is 428. The normalized spacial score (nSPS) is 23.1. The molecule has 19 heavy (non-hydrogen) atoms. The first-order valence-corrected chi connectivity index (χ1v) is 7.58. The molecule has 1 N–H and O–H groups in total. The number of hydrogen-bond donors (Lipinski definition) is 1. The highest BCUT2D eigenvalue weighted by Gasteiger charge is 2.28. The molecule has 0 amide bonds. The van der Waals surface area contributed by atoms with Gasteiger partial charge in [0.1, 0.15) is 5.67 Å². The SMILES string of the molecule is CC(F)(Cc1ccc(Cl)c(Cl)c1)CC1CCCCN1. The van der Waals surface area contributed by atoms with E-state index in [9.17, 15) is 4.39 Å². The molecule has 1 nitrogen and oxygen atoms in total. The number of hydrogen-bond acceptors (Lipinski definition) is 1. The molecule has 0 aromatic heterocycles. The lowest BCUT2D eigenvalue weighted by atomic mass is 9.88. The first kappa shape index (κ1) is 15.1. The fraction of sp³-hybridized carbons (Fsp3) is 0.600. The van der Waals surface area contributed by atoms with E-state index < -0.39 is 5.67 Å². The summed E-state index contributed by atoms with van der Waals surface area (Å²) in [5.74, 6) is 0. The van der Waals surface area contributed by atoms with Crippen LogP contribution in [0.25, 0.3) is 0 Å². The lowest BCUT2D eigenvalue weighted by molar-refractivity contribution is 0.146. The predicted molar refractivity (Wildman–Crippen MR) is 79.9 cm³/mol. The Morgan fingerprint density at radius 1 is 1.32 bits per heavy atom. The van der Waals surface area contributed by atoms with Gasteiger partial charge in [0.2, 0.25) is 0 Å². The maximum absolute atomic E-state index is 14.7. The first-order valence-electron chi connectivity index (χ1n) is 6.82. The zero-order chi connectivity index (χ0) is 13.9. The summed E-state index contributed by atoms with van der Waals surface area (Å²) in [6, 6.07) is 5.64. The van der Waals surface area contributed by atoms with Crippen molar-refractivity contribution in [3.63, 3.8) is 0 Å². The Hall–Kier alpha value is -0.310. The van der Waals surface area contributed by atoms with Gasteiger partial charge in [0.15, 0.2) is 0 Å². The van der Waals surface area contributed by atoms with E-state index in [-0.39, 0.29) is 0 Å². The molecule has 1 aromatic carbocycles. The molecule has 1 saturated heterocycles. The smallest absolute Gasteiger partial charge is 0.113 e. The fourth-order valence-corrected chi connectivity index (χ4v) is 3.08. The van der Waals surface area contributed by atoms with Gasteiger partial charge in [-0.25, -0.2) is 4.39 Å². The average molecular weight is 304 g/mol. The van der Waals surface area contributed by atoms with Crippen molar-refractivity contribution in [3.8, 4) is 0 Å². The van der Waals surface area contributed by atoms with E-state index in [1.165, 1.54) is 12.8 Å². The number of rotatable bonds is 4.